The van der Waals surface area contributed by atoms with Gasteiger partial charge < -0.3 is 5.32 Å². The summed E-state index contributed by atoms with van der Waals surface area (Å²) in [5, 5.41) is 17.6. The molecule has 7 nitrogen and oxygen atoms in total. The van der Waals surface area contributed by atoms with Crippen molar-refractivity contribution in [3.63, 3.8) is 0 Å². The third kappa shape index (κ3) is 3.64. The summed E-state index contributed by atoms with van der Waals surface area (Å²) in [6.45, 7) is 0.605. The van der Waals surface area contributed by atoms with Crippen molar-refractivity contribution in [1.29, 1.82) is 0 Å². The topological polar surface area (TPSA) is 90.1 Å². The predicted octanol–water partition coefficient (Wildman–Crippen LogP) is 3.09. The summed E-state index contributed by atoms with van der Waals surface area (Å²) in [5.74, 6) is -0.318. The Kier molecular flexibility index (Phi) is 4.33. The van der Waals surface area contributed by atoms with Gasteiger partial charge in [-0.25, -0.2) is 0 Å². The van der Waals surface area contributed by atoms with E-state index in [0.29, 0.717) is 17.8 Å². The summed E-state index contributed by atoms with van der Waals surface area (Å²) < 4.78 is 1.79. The number of nitro groups is 1. The lowest BCUT2D eigenvalue weighted by Gasteiger charge is -2.08. The maximum absolute atomic E-state index is 12.2. The van der Waals surface area contributed by atoms with Gasteiger partial charge in [0.1, 0.15) is 0 Å². The lowest BCUT2D eigenvalue weighted by atomic mass is 10.1. The van der Waals surface area contributed by atoms with Crippen LogP contribution in [0.5, 0.6) is 0 Å². The standard InChI is InChI=1S/C17H14N4O3/c22-17(14-5-7-16(8-6-14)21(23)24)19-15-4-1-3-13(11-15)12-20-10-2-9-18-20/h1-11H,12H2,(H,19,22). The molecule has 3 aromatic rings. The number of nitro benzene ring substituents is 1. The van der Waals surface area contributed by atoms with Crippen molar-refractivity contribution >= 4 is 17.3 Å². The number of benzene rings is 2. The number of aromatic nitrogens is 2. The second-order valence-corrected chi connectivity index (χ2v) is 5.16. The fourth-order valence-corrected chi connectivity index (χ4v) is 2.27. The Balaban J connectivity index is 1.71. The minimum atomic E-state index is -0.500. The van der Waals surface area contributed by atoms with E-state index < -0.39 is 4.92 Å². The van der Waals surface area contributed by atoms with E-state index in [0.717, 1.165) is 5.56 Å². The van der Waals surface area contributed by atoms with Crippen LogP contribution in [0.15, 0.2) is 67.0 Å². The minimum Gasteiger partial charge on any atom is -0.322 e. The van der Waals surface area contributed by atoms with E-state index in [1.54, 1.807) is 16.9 Å². The van der Waals surface area contributed by atoms with Crippen molar-refractivity contribution in [1.82, 2.24) is 9.78 Å². The second-order valence-electron chi connectivity index (χ2n) is 5.16. The number of nitrogens with zero attached hydrogens (tertiary/aromatic N) is 3. The third-order valence-corrected chi connectivity index (χ3v) is 3.43. The quantitative estimate of drug-likeness (QED) is 0.577. The van der Waals surface area contributed by atoms with E-state index in [2.05, 4.69) is 10.4 Å². The molecule has 1 N–H and O–H groups in total. The average molecular weight is 322 g/mol. The molecule has 0 saturated carbocycles. The zero-order valence-corrected chi connectivity index (χ0v) is 12.6. The highest BCUT2D eigenvalue weighted by Gasteiger charge is 2.10. The van der Waals surface area contributed by atoms with E-state index in [1.807, 2.05) is 30.5 Å². The number of hydrogen-bond donors (Lipinski definition) is 1. The number of rotatable bonds is 5. The Bertz CT molecular complexity index is 858. The van der Waals surface area contributed by atoms with Crippen molar-refractivity contribution in [2.45, 2.75) is 6.54 Å². The summed E-state index contributed by atoms with van der Waals surface area (Å²) in [5.41, 5.74) is 1.97. The third-order valence-electron chi connectivity index (χ3n) is 3.43. The molecule has 0 aliphatic carbocycles. The van der Waals surface area contributed by atoms with E-state index in [1.165, 1.54) is 24.3 Å². The maximum Gasteiger partial charge on any atom is 0.269 e. The summed E-state index contributed by atoms with van der Waals surface area (Å²) in [6.07, 6.45) is 3.57. The largest absolute Gasteiger partial charge is 0.322 e. The van der Waals surface area contributed by atoms with Crippen LogP contribution in [0.3, 0.4) is 0 Å². The molecule has 0 radical (unpaired) electrons. The molecule has 0 aliphatic heterocycles. The van der Waals surface area contributed by atoms with Crippen LogP contribution >= 0.6 is 0 Å². The maximum atomic E-state index is 12.2. The van der Waals surface area contributed by atoms with Gasteiger partial charge in [-0.05, 0) is 35.9 Å². The van der Waals surface area contributed by atoms with Gasteiger partial charge >= 0.3 is 0 Å². The molecule has 24 heavy (non-hydrogen) atoms. The Morgan fingerprint density at radius 2 is 1.96 bits per heavy atom. The first kappa shape index (κ1) is 15.4. The molecule has 1 aromatic heterocycles. The SMILES string of the molecule is O=C(Nc1cccc(Cn2cccn2)c1)c1ccc([N+](=O)[O-])cc1. The molecule has 3 rings (SSSR count). The number of non-ortho nitro benzene ring substituents is 1. The van der Waals surface area contributed by atoms with E-state index >= 15 is 0 Å². The molecular formula is C17H14N4O3. The average Bonchev–Trinajstić information content (AvgIpc) is 3.08. The van der Waals surface area contributed by atoms with E-state index in [-0.39, 0.29) is 11.6 Å². The fraction of sp³-hybridized carbons (Fsp3) is 0.0588. The monoisotopic (exact) mass is 322 g/mol. The number of carbonyl (C=O) groups excluding carboxylic acids is 1. The van der Waals surface area contributed by atoms with Crippen molar-refractivity contribution in [2.24, 2.45) is 0 Å². The highest BCUT2D eigenvalue weighted by Crippen LogP contribution is 2.15. The molecule has 7 heteroatoms. The van der Waals surface area contributed by atoms with Gasteiger partial charge in [0, 0.05) is 35.8 Å². The van der Waals surface area contributed by atoms with Crippen LogP contribution in [-0.4, -0.2) is 20.6 Å². The predicted molar refractivity (Wildman–Crippen MR) is 88.8 cm³/mol. The lowest BCUT2D eigenvalue weighted by molar-refractivity contribution is -0.384. The first-order valence-corrected chi connectivity index (χ1v) is 7.24. The molecule has 0 aliphatic rings. The Morgan fingerprint density at radius 1 is 1.17 bits per heavy atom. The highest BCUT2D eigenvalue weighted by atomic mass is 16.6. The molecule has 1 heterocycles. The van der Waals surface area contributed by atoms with Crippen LogP contribution in [0.25, 0.3) is 0 Å². The fourth-order valence-electron chi connectivity index (χ4n) is 2.27. The van der Waals surface area contributed by atoms with Crippen molar-refractivity contribution in [2.75, 3.05) is 5.32 Å². The van der Waals surface area contributed by atoms with Crippen LogP contribution in [0, 0.1) is 10.1 Å². The summed E-state index contributed by atoms with van der Waals surface area (Å²) in [6, 6.07) is 14.8. The van der Waals surface area contributed by atoms with Crippen LogP contribution in [0.2, 0.25) is 0 Å². The van der Waals surface area contributed by atoms with Gasteiger partial charge in [-0.15, -0.1) is 0 Å². The number of carbonyl (C=O) groups is 1. The Morgan fingerprint density at radius 3 is 2.62 bits per heavy atom. The molecule has 0 saturated heterocycles. The molecular weight excluding hydrogens is 308 g/mol. The van der Waals surface area contributed by atoms with Crippen LogP contribution in [-0.2, 0) is 6.54 Å². The van der Waals surface area contributed by atoms with Gasteiger partial charge in [0.05, 0.1) is 11.5 Å². The molecule has 0 unspecified atom stereocenters. The van der Waals surface area contributed by atoms with Crippen LogP contribution in [0.4, 0.5) is 11.4 Å². The molecule has 1 amide bonds. The second kappa shape index (κ2) is 6.74. The summed E-state index contributed by atoms with van der Waals surface area (Å²) >= 11 is 0. The summed E-state index contributed by atoms with van der Waals surface area (Å²) in [7, 11) is 0. The lowest BCUT2D eigenvalue weighted by Crippen LogP contribution is -2.12. The molecule has 120 valence electrons. The molecule has 0 fully saturated rings. The number of amides is 1. The zero-order chi connectivity index (χ0) is 16.9. The van der Waals surface area contributed by atoms with Crippen molar-refractivity contribution in [3.8, 4) is 0 Å². The Hall–Kier alpha value is -3.48. The van der Waals surface area contributed by atoms with Gasteiger partial charge in [0.2, 0.25) is 0 Å². The van der Waals surface area contributed by atoms with E-state index in [4.69, 9.17) is 0 Å². The Labute approximate surface area is 137 Å². The smallest absolute Gasteiger partial charge is 0.269 e. The van der Waals surface area contributed by atoms with Crippen molar-refractivity contribution in [3.05, 3.63) is 88.2 Å². The minimum absolute atomic E-state index is 0.0484. The van der Waals surface area contributed by atoms with Crippen LogP contribution in [0.1, 0.15) is 15.9 Å². The first-order chi connectivity index (χ1) is 11.6. The van der Waals surface area contributed by atoms with Gasteiger partial charge in [0.25, 0.3) is 11.6 Å². The molecule has 0 spiro atoms. The molecule has 0 atom stereocenters. The highest BCUT2D eigenvalue weighted by molar-refractivity contribution is 6.04. The number of hydrogen-bond acceptors (Lipinski definition) is 4. The number of nitrogens with one attached hydrogen (secondary N) is 1. The van der Waals surface area contributed by atoms with Crippen LogP contribution < -0.4 is 5.32 Å². The van der Waals surface area contributed by atoms with Gasteiger partial charge in [-0.3, -0.25) is 19.6 Å². The number of anilines is 1. The van der Waals surface area contributed by atoms with Gasteiger partial charge in [0.15, 0.2) is 0 Å². The molecule has 2 aromatic carbocycles. The van der Waals surface area contributed by atoms with E-state index in [9.17, 15) is 14.9 Å². The molecule has 0 bridgehead atoms. The summed E-state index contributed by atoms with van der Waals surface area (Å²) in [4.78, 5) is 22.4. The zero-order valence-electron chi connectivity index (χ0n) is 12.6. The van der Waals surface area contributed by atoms with Crippen molar-refractivity contribution < 1.29 is 9.72 Å². The van der Waals surface area contributed by atoms with Gasteiger partial charge in [-0.1, -0.05) is 12.1 Å². The normalized spacial score (nSPS) is 10.3. The first-order valence-electron chi connectivity index (χ1n) is 7.24. The van der Waals surface area contributed by atoms with Gasteiger partial charge in [-0.2, -0.15) is 5.10 Å².